The Bertz CT molecular complexity index is 735. The van der Waals surface area contributed by atoms with Gasteiger partial charge in [-0.1, -0.05) is 18.2 Å². The molecule has 94 valence electrons. The highest BCUT2D eigenvalue weighted by molar-refractivity contribution is 5.93. The summed E-state index contributed by atoms with van der Waals surface area (Å²) >= 11 is 0. The lowest BCUT2D eigenvalue weighted by atomic mass is 10.2. The minimum absolute atomic E-state index is 0.0371. The lowest BCUT2D eigenvalue weighted by Gasteiger charge is -2.10. The van der Waals surface area contributed by atoms with Crippen molar-refractivity contribution in [1.29, 1.82) is 0 Å². The van der Waals surface area contributed by atoms with Crippen LogP contribution in [0.4, 0.5) is 0 Å². The highest BCUT2D eigenvalue weighted by Gasteiger charge is 2.16. The summed E-state index contributed by atoms with van der Waals surface area (Å²) < 4.78 is 7.27. The quantitative estimate of drug-likeness (QED) is 0.780. The van der Waals surface area contributed by atoms with Crippen molar-refractivity contribution >= 4 is 11.5 Å². The Balaban J connectivity index is 2.16. The molecule has 0 atom stereocenters. The van der Waals surface area contributed by atoms with Crippen molar-refractivity contribution in [3.8, 4) is 11.5 Å². The summed E-state index contributed by atoms with van der Waals surface area (Å²) in [6, 6.07) is 12.6. The van der Waals surface area contributed by atoms with E-state index >= 15 is 0 Å². The molecule has 0 amide bonds. The van der Waals surface area contributed by atoms with Crippen molar-refractivity contribution in [2.24, 2.45) is 0 Å². The first-order valence-electron chi connectivity index (χ1n) is 5.68. The third-order valence-electron chi connectivity index (χ3n) is 2.71. The molecule has 2 heterocycles. The summed E-state index contributed by atoms with van der Waals surface area (Å²) in [4.78, 5) is 11.2. The molecule has 5 heteroatoms. The first kappa shape index (κ1) is 11.3. The number of nitrogens with zero attached hydrogens (tertiary/aromatic N) is 2. The summed E-state index contributed by atoms with van der Waals surface area (Å²) in [7, 11) is 0. The third-order valence-corrected chi connectivity index (χ3v) is 2.71. The minimum Gasteiger partial charge on any atom is -0.477 e. The predicted molar refractivity (Wildman–Crippen MR) is 68.7 cm³/mol. The van der Waals surface area contributed by atoms with Crippen LogP contribution in [0.3, 0.4) is 0 Å². The molecule has 1 aromatic carbocycles. The topological polar surface area (TPSA) is 63.8 Å². The SMILES string of the molecule is O=C(O)c1cnn2cccc2c1Oc1ccccc1. The van der Waals surface area contributed by atoms with E-state index in [1.165, 1.54) is 6.20 Å². The van der Waals surface area contributed by atoms with E-state index in [2.05, 4.69) is 5.10 Å². The number of hydrogen-bond donors (Lipinski definition) is 1. The fourth-order valence-electron chi connectivity index (χ4n) is 1.84. The number of benzene rings is 1. The van der Waals surface area contributed by atoms with Crippen LogP contribution in [0.15, 0.2) is 54.9 Å². The zero-order valence-electron chi connectivity index (χ0n) is 9.85. The molecule has 0 saturated heterocycles. The first-order chi connectivity index (χ1) is 9.25. The number of hydrogen-bond acceptors (Lipinski definition) is 3. The molecule has 0 aliphatic heterocycles. The van der Waals surface area contributed by atoms with Crippen LogP contribution in [0.2, 0.25) is 0 Å². The van der Waals surface area contributed by atoms with E-state index in [9.17, 15) is 9.90 Å². The Morgan fingerprint density at radius 2 is 1.95 bits per heavy atom. The molecule has 0 aliphatic rings. The number of ether oxygens (including phenoxy) is 1. The smallest absolute Gasteiger partial charge is 0.341 e. The Labute approximate surface area is 108 Å². The van der Waals surface area contributed by atoms with Gasteiger partial charge in [-0.3, -0.25) is 0 Å². The fraction of sp³-hybridized carbons (Fsp3) is 0. The van der Waals surface area contributed by atoms with Gasteiger partial charge in [0.05, 0.1) is 6.20 Å². The molecule has 0 aliphatic carbocycles. The van der Waals surface area contributed by atoms with Crippen molar-refractivity contribution in [3.05, 3.63) is 60.4 Å². The number of carboxylic acid groups (broad SMARTS) is 1. The Hall–Kier alpha value is -2.82. The maximum atomic E-state index is 11.2. The second kappa shape index (κ2) is 4.45. The average Bonchev–Trinajstić information content (AvgIpc) is 2.88. The van der Waals surface area contributed by atoms with Crippen LogP contribution in [-0.2, 0) is 0 Å². The summed E-state index contributed by atoms with van der Waals surface area (Å²) in [5.74, 6) is -0.194. The van der Waals surface area contributed by atoms with E-state index in [0.29, 0.717) is 17.0 Å². The molecule has 0 bridgehead atoms. The number of rotatable bonds is 3. The van der Waals surface area contributed by atoms with Gasteiger partial charge >= 0.3 is 5.97 Å². The Morgan fingerprint density at radius 3 is 2.68 bits per heavy atom. The van der Waals surface area contributed by atoms with Crippen molar-refractivity contribution in [2.45, 2.75) is 0 Å². The largest absolute Gasteiger partial charge is 0.477 e. The van der Waals surface area contributed by atoms with Crippen molar-refractivity contribution in [1.82, 2.24) is 9.61 Å². The molecule has 0 saturated carbocycles. The van der Waals surface area contributed by atoms with Crippen molar-refractivity contribution in [2.75, 3.05) is 0 Å². The van der Waals surface area contributed by atoms with Gasteiger partial charge in [-0.25, -0.2) is 9.31 Å². The number of carbonyl (C=O) groups is 1. The zero-order valence-corrected chi connectivity index (χ0v) is 9.85. The summed E-state index contributed by atoms with van der Waals surface area (Å²) in [6.07, 6.45) is 3.02. The van der Waals surface area contributed by atoms with Crippen LogP contribution < -0.4 is 4.74 Å². The van der Waals surface area contributed by atoms with E-state index in [0.717, 1.165) is 0 Å². The lowest BCUT2D eigenvalue weighted by molar-refractivity contribution is 0.0693. The van der Waals surface area contributed by atoms with E-state index in [4.69, 9.17) is 4.74 Å². The molecule has 19 heavy (non-hydrogen) atoms. The first-order valence-corrected chi connectivity index (χ1v) is 5.68. The predicted octanol–water partition coefficient (Wildman–Crippen LogP) is 2.82. The molecular weight excluding hydrogens is 244 g/mol. The standard InChI is InChI=1S/C14H10N2O3/c17-14(18)11-9-15-16-8-4-7-12(16)13(11)19-10-5-2-1-3-6-10/h1-9H,(H,17,18). The molecule has 3 rings (SSSR count). The number of carboxylic acids is 1. The van der Waals surface area contributed by atoms with Gasteiger partial charge in [-0.05, 0) is 24.3 Å². The van der Waals surface area contributed by atoms with E-state index in [-0.39, 0.29) is 5.56 Å². The van der Waals surface area contributed by atoms with Gasteiger partial charge in [0.2, 0.25) is 0 Å². The molecule has 0 radical (unpaired) electrons. The van der Waals surface area contributed by atoms with Gasteiger partial charge < -0.3 is 9.84 Å². The number of para-hydroxylation sites is 1. The normalized spacial score (nSPS) is 10.5. The molecule has 3 aromatic rings. The van der Waals surface area contributed by atoms with Crippen molar-refractivity contribution < 1.29 is 14.6 Å². The highest BCUT2D eigenvalue weighted by Crippen LogP contribution is 2.29. The fourth-order valence-corrected chi connectivity index (χ4v) is 1.84. The molecule has 2 aromatic heterocycles. The maximum absolute atomic E-state index is 11.2. The third kappa shape index (κ3) is 2.01. The summed E-state index contributed by atoms with van der Waals surface area (Å²) in [6.45, 7) is 0. The van der Waals surface area contributed by atoms with Crippen LogP contribution in [0.5, 0.6) is 11.5 Å². The van der Waals surface area contributed by atoms with Gasteiger partial charge in [-0.15, -0.1) is 0 Å². The zero-order chi connectivity index (χ0) is 13.2. The van der Waals surface area contributed by atoms with Gasteiger partial charge in [-0.2, -0.15) is 5.10 Å². The minimum atomic E-state index is -1.07. The number of fused-ring (bicyclic) bond motifs is 1. The Kier molecular flexibility index (Phi) is 2.64. The van der Waals surface area contributed by atoms with Gasteiger partial charge in [0.25, 0.3) is 0 Å². The number of aromatic nitrogens is 2. The maximum Gasteiger partial charge on any atom is 0.341 e. The Morgan fingerprint density at radius 1 is 1.16 bits per heavy atom. The van der Waals surface area contributed by atoms with Crippen LogP contribution in [0.1, 0.15) is 10.4 Å². The molecule has 0 fully saturated rings. The average molecular weight is 254 g/mol. The van der Waals surface area contributed by atoms with Crippen molar-refractivity contribution in [3.63, 3.8) is 0 Å². The summed E-state index contributed by atoms with van der Waals surface area (Å²) in [5.41, 5.74) is 0.652. The van der Waals surface area contributed by atoms with Gasteiger partial charge in [0.1, 0.15) is 16.8 Å². The lowest BCUT2D eigenvalue weighted by Crippen LogP contribution is -2.04. The molecular formula is C14H10N2O3. The number of aromatic carboxylic acids is 1. The highest BCUT2D eigenvalue weighted by atomic mass is 16.5. The van der Waals surface area contributed by atoms with E-state index in [1.54, 1.807) is 35.0 Å². The van der Waals surface area contributed by atoms with E-state index < -0.39 is 5.97 Å². The molecule has 0 unspecified atom stereocenters. The second-order valence-electron chi connectivity index (χ2n) is 3.95. The van der Waals surface area contributed by atoms with E-state index in [1.807, 2.05) is 18.2 Å². The van der Waals surface area contributed by atoms with Gasteiger partial charge in [0, 0.05) is 6.20 Å². The van der Waals surface area contributed by atoms with Gasteiger partial charge in [0.15, 0.2) is 5.75 Å². The molecule has 1 N–H and O–H groups in total. The monoisotopic (exact) mass is 254 g/mol. The molecule has 0 spiro atoms. The summed E-state index contributed by atoms with van der Waals surface area (Å²) in [5, 5.41) is 13.2. The second-order valence-corrected chi connectivity index (χ2v) is 3.95. The van der Waals surface area contributed by atoms with Crippen LogP contribution in [0.25, 0.3) is 5.52 Å². The van der Waals surface area contributed by atoms with Crippen LogP contribution >= 0.6 is 0 Å². The van der Waals surface area contributed by atoms with Crippen LogP contribution in [-0.4, -0.2) is 20.7 Å². The molecule has 5 nitrogen and oxygen atoms in total. The van der Waals surface area contributed by atoms with Crippen LogP contribution in [0, 0.1) is 0 Å².